The van der Waals surface area contributed by atoms with Crippen LogP contribution in [-0.2, 0) is 6.54 Å². The number of hydrogen-bond acceptors (Lipinski definition) is 5. The van der Waals surface area contributed by atoms with Gasteiger partial charge in [0.25, 0.3) is 0 Å². The van der Waals surface area contributed by atoms with Gasteiger partial charge in [-0.3, -0.25) is 0 Å². The highest BCUT2D eigenvalue weighted by Gasteiger charge is 2.24. The fourth-order valence-electron chi connectivity index (χ4n) is 2.63. The van der Waals surface area contributed by atoms with Gasteiger partial charge in [-0.1, -0.05) is 29.3 Å². The molecule has 1 aromatic heterocycles. The molecule has 0 aliphatic carbocycles. The summed E-state index contributed by atoms with van der Waals surface area (Å²) in [5.74, 6) is 1.29. The minimum Gasteiger partial charge on any atom is -0.481 e. The normalized spacial score (nSPS) is 17.5. The number of methoxy groups -OCH3 is 1. The Bertz CT molecular complexity index is 683. The van der Waals surface area contributed by atoms with Crippen LogP contribution >= 0.6 is 23.2 Å². The van der Waals surface area contributed by atoms with Crippen LogP contribution in [0.25, 0.3) is 0 Å². The van der Waals surface area contributed by atoms with E-state index in [1.165, 1.54) is 0 Å². The molecule has 1 aromatic carbocycles. The highest BCUT2D eigenvalue weighted by Crippen LogP contribution is 2.22. The number of hydrogen-bond donors (Lipinski definition) is 1. The molecule has 3 rings (SSSR count). The van der Waals surface area contributed by atoms with Crippen molar-refractivity contribution >= 4 is 29.2 Å². The van der Waals surface area contributed by atoms with Crippen LogP contribution in [0.1, 0.15) is 12.0 Å². The van der Waals surface area contributed by atoms with Crippen molar-refractivity contribution in [3.05, 3.63) is 46.1 Å². The summed E-state index contributed by atoms with van der Waals surface area (Å²) in [6.45, 7) is 2.49. The maximum Gasteiger partial charge on any atom is 0.228 e. The van der Waals surface area contributed by atoms with Crippen LogP contribution in [0.3, 0.4) is 0 Å². The Morgan fingerprint density at radius 3 is 3.00 bits per heavy atom. The maximum atomic E-state index is 6.20. The van der Waals surface area contributed by atoms with Crippen LogP contribution in [0.15, 0.2) is 30.5 Å². The van der Waals surface area contributed by atoms with E-state index < -0.39 is 0 Å². The minimum absolute atomic E-state index is 0.372. The van der Waals surface area contributed by atoms with Gasteiger partial charge < -0.3 is 15.0 Å². The molecule has 2 aromatic rings. The van der Waals surface area contributed by atoms with Gasteiger partial charge >= 0.3 is 0 Å². The Morgan fingerprint density at radius 2 is 2.22 bits per heavy atom. The van der Waals surface area contributed by atoms with Gasteiger partial charge in [0, 0.05) is 48.0 Å². The predicted octanol–water partition coefficient (Wildman–Crippen LogP) is 3.16. The third-order valence-electron chi connectivity index (χ3n) is 3.89. The van der Waals surface area contributed by atoms with Gasteiger partial charge in [0.1, 0.15) is 0 Å². The van der Waals surface area contributed by atoms with Crippen LogP contribution in [0.5, 0.6) is 5.88 Å². The van der Waals surface area contributed by atoms with Crippen molar-refractivity contribution in [3.8, 4) is 5.88 Å². The summed E-state index contributed by atoms with van der Waals surface area (Å²) >= 11 is 12.1. The van der Waals surface area contributed by atoms with Crippen LogP contribution < -0.4 is 15.0 Å². The lowest BCUT2D eigenvalue weighted by Crippen LogP contribution is -2.32. The topological polar surface area (TPSA) is 50.3 Å². The number of benzene rings is 1. The molecule has 0 saturated carbocycles. The van der Waals surface area contributed by atoms with Gasteiger partial charge in [-0.2, -0.15) is 4.98 Å². The van der Waals surface area contributed by atoms with E-state index in [9.17, 15) is 0 Å². The molecule has 122 valence electrons. The average molecular weight is 353 g/mol. The van der Waals surface area contributed by atoms with E-state index in [-0.39, 0.29) is 0 Å². The van der Waals surface area contributed by atoms with Crippen molar-refractivity contribution in [2.24, 2.45) is 0 Å². The molecule has 1 atom stereocenters. The van der Waals surface area contributed by atoms with Gasteiger partial charge in [-0.15, -0.1) is 0 Å². The molecule has 1 N–H and O–H groups in total. The summed E-state index contributed by atoms with van der Waals surface area (Å²) in [4.78, 5) is 10.9. The van der Waals surface area contributed by atoms with E-state index in [1.54, 1.807) is 25.4 Å². The number of ether oxygens (including phenoxy) is 1. The largest absolute Gasteiger partial charge is 0.481 e. The number of aromatic nitrogens is 2. The lowest BCUT2D eigenvalue weighted by molar-refractivity contribution is 0.397. The zero-order valence-electron chi connectivity index (χ0n) is 12.8. The summed E-state index contributed by atoms with van der Waals surface area (Å²) in [6.07, 6.45) is 2.75. The molecular formula is C16H18Cl2N4O. The number of anilines is 1. The first kappa shape index (κ1) is 16.3. The van der Waals surface area contributed by atoms with E-state index in [2.05, 4.69) is 20.2 Å². The number of nitrogens with zero attached hydrogens (tertiary/aromatic N) is 3. The van der Waals surface area contributed by atoms with E-state index >= 15 is 0 Å². The second-order valence-corrected chi connectivity index (χ2v) is 6.29. The Balaban J connectivity index is 1.57. The first-order chi connectivity index (χ1) is 11.2. The summed E-state index contributed by atoms with van der Waals surface area (Å²) in [5.41, 5.74) is 1.05. The van der Waals surface area contributed by atoms with Crippen LogP contribution in [0.2, 0.25) is 10.0 Å². The van der Waals surface area contributed by atoms with Crippen molar-refractivity contribution in [2.45, 2.75) is 19.0 Å². The first-order valence-corrected chi connectivity index (χ1v) is 8.20. The summed E-state index contributed by atoms with van der Waals surface area (Å²) in [6, 6.07) is 7.70. The van der Waals surface area contributed by atoms with Gasteiger partial charge in [0.05, 0.1) is 7.11 Å². The molecule has 0 radical (unpaired) electrons. The van der Waals surface area contributed by atoms with Crippen LogP contribution in [0, 0.1) is 0 Å². The molecular weight excluding hydrogens is 335 g/mol. The van der Waals surface area contributed by atoms with Gasteiger partial charge in [0.2, 0.25) is 11.8 Å². The highest BCUT2D eigenvalue weighted by atomic mass is 35.5. The third kappa shape index (κ3) is 4.05. The Kier molecular flexibility index (Phi) is 5.20. The molecule has 1 aliphatic rings. The van der Waals surface area contributed by atoms with Crippen molar-refractivity contribution in [2.75, 3.05) is 25.1 Å². The molecule has 23 heavy (non-hydrogen) atoms. The molecule has 2 heterocycles. The van der Waals surface area contributed by atoms with Crippen molar-refractivity contribution in [1.82, 2.24) is 15.3 Å². The van der Waals surface area contributed by atoms with Crippen molar-refractivity contribution < 1.29 is 4.74 Å². The van der Waals surface area contributed by atoms with Crippen LogP contribution in [0.4, 0.5) is 5.95 Å². The number of rotatable bonds is 5. The lowest BCUT2D eigenvalue weighted by Gasteiger charge is -2.17. The Hall–Kier alpha value is -1.56. The minimum atomic E-state index is 0.372. The molecule has 5 nitrogen and oxygen atoms in total. The Labute approximate surface area is 145 Å². The molecule has 1 saturated heterocycles. The second kappa shape index (κ2) is 7.34. The standard InChI is InChI=1S/C16H18Cl2N4O/c1-23-15-4-6-19-16(21-15)22-7-5-13(10-22)20-9-11-2-3-12(17)8-14(11)18/h2-4,6,8,13,20H,5,7,9-10H2,1H3/t13-/m0/s1. The first-order valence-electron chi connectivity index (χ1n) is 7.45. The fraction of sp³-hybridized carbons (Fsp3) is 0.375. The summed E-state index contributed by atoms with van der Waals surface area (Å²) < 4.78 is 5.15. The fourth-order valence-corrected chi connectivity index (χ4v) is 3.10. The van der Waals surface area contributed by atoms with E-state index in [0.717, 1.165) is 25.1 Å². The quantitative estimate of drug-likeness (QED) is 0.895. The van der Waals surface area contributed by atoms with Crippen LogP contribution in [-0.4, -0.2) is 36.2 Å². The SMILES string of the molecule is COc1ccnc(N2CC[C@H](NCc3ccc(Cl)cc3Cl)C2)n1. The van der Waals surface area contributed by atoms with Gasteiger partial charge in [0.15, 0.2) is 0 Å². The van der Waals surface area contributed by atoms with E-state index in [1.807, 2.05) is 12.1 Å². The number of nitrogens with one attached hydrogen (secondary N) is 1. The summed E-state index contributed by atoms with van der Waals surface area (Å²) in [7, 11) is 1.61. The molecule has 1 fully saturated rings. The van der Waals surface area contributed by atoms with E-state index in [0.29, 0.717) is 34.5 Å². The van der Waals surface area contributed by atoms with Crippen molar-refractivity contribution in [3.63, 3.8) is 0 Å². The average Bonchev–Trinajstić information content (AvgIpc) is 3.03. The monoisotopic (exact) mass is 352 g/mol. The highest BCUT2D eigenvalue weighted by molar-refractivity contribution is 6.35. The van der Waals surface area contributed by atoms with E-state index in [4.69, 9.17) is 27.9 Å². The predicted molar refractivity (Wildman–Crippen MR) is 92.5 cm³/mol. The molecule has 0 amide bonds. The maximum absolute atomic E-state index is 6.20. The van der Waals surface area contributed by atoms with Gasteiger partial charge in [-0.05, 0) is 24.1 Å². The molecule has 7 heteroatoms. The lowest BCUT2D eigenvalue weighted by atomic mass is 10.2. The Morgan fingerprint density at radius 1 is 1.35 bits per heavy atom. The molecule has 0 spiro atoms. The summed E-state index contributed by atoms with van der Waals surface area (Å²) in [5, 5.41) is 4.87. The molecule has 1 aliphatic heterocycles. The third-order valence-corrected chi connectivity index (χ3v) is 4.48. The molecule has 0 unspecified atom stereocenters. The molecule has 0 bridgehead atoms. The second-order valence-electron chi connectivity index (χ2n) is 5.45. The smallest absolute Gasteiger partial charge is 0.228 e. The zero-order chi connectivity index (χ0) is 16.2. The zero-order valence-corrected chi connectivity index (χ0v) is 14.3. The van der Waals surface area contributed by atoms with Crippen molar-refractivity contribution in [1.29, 1.82) is 0 Å². The number of halogens is 2. The van der Waals surface area contributed by atoms with Gasteiger partial charge in [-0.25, -0.2) is 4.98 Å².